The zero-order chi connectivity index (χ0) is 29.9. The number of carbonyl (C=O) groups is 1. The van der Waals surface area contributed by atoms with Gasteiger partial charge in [0.2, 0.25) is 5.95 Å². The first-order chi connectivity index (χ1) is 20.9. The minimum Gasteiger partial charge on any atom is -0.388 e. The Labute approximate surface area is 249 Å². The first-order valence-electron chi connectivity index (χ1n) is 14.8. The molecule has 2 unspecified atom stereocenters. The lowest BCUT2D eigenvalue weighted by molar-refractivity contribution is -0.132. The van der Waals surface area contributed by atoms with Crippen LogP contribution in [0.25, 0.3) is 11.2 Å². The number of benzene rings is 2. The molecule has 1 saturated carbocycles. The smallest absolute Gasteiger partial charge is 0.273 e. The summed E-state index contributed by atoms with van der Waals surface area (Å²) in [5, 5.41) is 28.7. The standard InChI is InChI=1S/C31H38N8O4/c1-2-38(30(42)27-26(41)24(40)17-43-27)39-18-34-25-28(36-31(37-29(25)39)35-23-15-9-14-22(23)32)33-16-21(19-10-5-3-6-11-19)20-12-7-4-8-13-20/h3-8,10-13,18,21-24,26-27,40-41H,2,9,14-17,32H2,1H3,(H2,33,35,36,37)/t22?,23?,24-,26-,27-/m0/s1. The number of hydrogen-bond acceptors (Lipinski definition) is 10. The molecule has 5 atom stereocenters. The van der Waals surface area contributed by atoms with Gasteiger partial charge in [-0.25, -0.2) is 14.7 Å². The Hall–Kier alpha value is -4.10. The predicted octanol–water partition coefficient (Wildman–Crippen LogP) is 1.97. The largest absolute Gasteiger partial charge is 0.388 e. The van der Waals surface area contributed by atoms with Crippen LogP contribution in [-0.2, 0) is 9.53 Å². The van der Waals surface area contributed by atoms with E-state index in [0.29, 0.717) is 29.5 Å². The monoisotopic (exact) mass is 586 g/mol. The van der Waals surface area contributed by atoms with Crippen molar-refractivity contribution in [1.29, 1.82) is 0 Å². The molecule has 3 heterocycles. The minimum absolute atomic E-state index is 0.0118. The third-order valence-electron chi connectivity index (χ3n) is 8.35. The second kappa shape index (κ2) is 12.6. The molecule has 0 radical (unpaired) electrons. The van der Waals surface area contributed by atoms with Gasteiger partial charge in [0.1, 0.15) is 18.5 Å². The fourth-order valence-corrected chi connectivity index (χ4v) is 5.96. The number of nitrogens with zero attached hydrogens (tertiary/aromatic N) is 5. The van der Waals surface area contributed by atoms with E-state index in [0.717, 1.165) is 30.4 Å². The number of hydrogen-bond donors (Lipinski definition) is 5. The normalized spacial score (nSPS) is 23.6. The van der Waals surface area contributed by atoms with Crippen LogP contribution < -0.4 is 21.4 Å². The van der Waals surface area contributed by atoms with E-state index in [4.69, 9.17) is 20.4 Å². The number of nitrogens with two attached hydrogens (primary N) is 1. The molecule has 12 heteroatoms. The quantitative estimate of drug-likeness (QED) is 0.186. The lowest BCUT2D eigenvalue weighted by Crippen LogP contribution is -2.50. The number of rotatable bonds is 10. The van der Waals surface area contributed by atoms with Crippen molar-refractivity contribution >= 4 is 28.8 Å². The van der Waals surface area contributed by atoms with Gasteiger partial charge >= 0.3 is 0 Å². The van der Waals surface area contributed by atoms with Gasteiger partial charge in [-0.05, 0) is 37.3 Å². The molecule has 2 aliphatic rings. The Morgan fingerprint density at radius 2 is 1.79 bits per heavy atom. The Balaban J connectivity index is 1.36. The highest BCUT2D eigenvalue weighted by Gasteiger charge is 2.42. The molecule has 0 spiro atoms. The highest BCUT2D eigenvalue weighted by molar-refractivity contribution is 5.93. The van der Waals surface area contributed by atoms with Crippen molar-refractivity contribution < 1.29 is 19.7 Å². The number of anilines is 2. The van der Waals surface area contributed by atoms with E-state index in [1.54, 1.807) is 4.68 Å². The zero-order valence-electron chi connectivity index (χ0n) is 24.1. The molecule has 43 heavy (non-hydrogen) atoms. The lowest BCUT2D eigenvalue weighted by atomic mass is 9.91. The van der Waals surface area contributed by atoms with Gasteiger partial charge in [-0.1, -0.05) is 60.7 Å². The molecule has 6 rings (SSSR count). The number of likely N-dealkylation sites (N-methyl/N-ethyl adjacent to an activating group) is 1. The van der Waals surface area contributed by atoms with Gasteiger partial charge in [0, 0.05) is 31.1 Å². The van der Waals surface area contributed by atoms with Gasteiger partial charge in [0.25, 0.3) is 5.91 Å². The SMILES string of the molecule is CCN(C(=O)[C@H]1OC[C@H](O)[C@@H]1O)n1cnc2c(NCC(c3ccccc3)c3ccccc3)nc(NC3CCCC3N)nc21. The summed E-state index contributed by atoms with van der Waals surface area (Å²) in [6.45, 7) is 2.48. The highest BCUT2D eigenvalue weighted by atomic mass is 16.5. The number of aliphatic hydroxyl groups excluding tert-OH is 2. The molecular weight excluding hydrogens is 548 g/mol. The zero-order valence-corrected chi connectivity index (χ0v) is 24.1. The van der Waals surface area contributed by atoms with E-state index in [-0.39, 0.29) is 31.2 Å². The van der Waals surface area contributed by atoms with Gasteiger partial charge < -0.3 is 31.3 Å². The van der Waals surface area contributed by atoms with Gasteiger partial charge in [0.05, 0.1) is 6.61 Å². The van der Waals surface area contributed by atoms with Crippen molar-refractivity contribution in [1.82, 2.24) is 19.6 Å². The fraction of sp³-hybridized carbons (Fsp3) is 0.419. The molecule has 226 valence electrons. The summed E-state index contributed by atoms with van der Waals surface area (Å²) in [6.07, 6.45) is 0.725. The summed E-state index contributed by atoms with van der Waals surface area (Å²) in [5.74, 6) is 0.437. The van der Waals surface area contributed by atoms with Crippen LogP contribution in [-0.4, -0.2) is 85.8 Å². The van der Waals surface area contributed by atoms with E-state index in [1.165, 1.54) is 11.3 Å². The van der Waals surface area contributed by atoms with E-state index < -0.39 is 24.2 Å². The van der Waals surface area contributed by atoms with Crippen LogP contribution in [0.3, 0.4) is 0 Å². The van der Waals surface area contributed by atoms with Crippen LogP contribution in [0.2, 0.25) is 0 Å². The maximum atomic E-state index is 13.5. The Morgan fingerprint density at radius 1 is 1.09 bits per heavy atom. The number of aliphatic hydroxyl groups is 2. The van der Waals surface area contributed by atoms with Gasteiger partial charge in [-0.15, -0.1) is 0 Å². The molecule has 6 N–H and O–H groups in total. The van der Waals surface area contributed by atoms with Crippen LogP contribution in [0.5, 0.6) is 0 Å². The molecule has 1 aliphatic carbocycles. The number of ether oxygens (including phenoxy) is 1. The average Bonchev–Trinajstić information content (AvgIpc) is 3.73. The summed E-state index contributed by atoms with van der Waals surface area (Å²) in [7, 11) is 0. The molecule has 1 saturated heterocycles. The predicted molar refractivity (Wildman–Crippen MR) is 163 cm³/mol. The summed E-state index contributed by atoms with van der Waals surface area (Å²) in [4.78, 5) is 27.7. The van der Waals surface area contributed by atoms with Crippen LogP contribution >= 0.6 is 0 Å². The van der Waals surface area contributed by atoms with Crippen molar-refractivity contribution in [3.8, 4) is 0 Å². The van der Waals surface area contributed by atoms with Crippen molar-refractivity contribution in [3.63, 3.8) is 0 Å². The van der Waals surface area contributed by atoms with Gasteiger partial charge in [-0.2, -0.15) is 9.97 Å². The first kappa shape index (κ1) is 29.0. The second-order valence-corrected chi connectivity index (χ2v) is 11.1. The third kappa shape index (κ3) is 5.91. The maximum absolute atomic E-state index is 13.5. The molecule has 1 amide bonds. The summed E-state index contributed by atoms with van der Waals surface area (Å²) < 4.78 is 6.99. The van der Waals surface area contributed by atoms with Crippen LogP contribution in [0.1, 0.15) is 43.2 Å². The topological polar surface area (TPSA) is 164 Å². The van der Waals surface area contributed by atoms with Crippen LogP contribution in [0, 0.1) is 0 Å². The van der Waals surface area contributed by atoms with E-state index >= 15 is 0 Å². The van der Waals surface area contributed by atoms with Crippen LogP contribution in [0.4, 0.5) is 11.8 Å². The van der Waals surface area contributed by atoms with E-state index in [9.17, 15) is 15.0 Å². The fourth-order valence-electron chi connectivity index (χ4n) is 5.96. The maximum Gasteiger partial charge on any atom is 0.273 e. The molecular formula is C31H38N8O4. The van der Waals surface area contributed by atoms with Crippen molar-refractivity contribution in [2.24, 2.45) is 5.73 Å². The average molecular weight is 587 g/mol. The van der Waals surface area contributed by atoms with E-state index in [1.807, 2.05) is 43.3 Å². The summed E-state index contributed by atoms with van der Waals surface area (Å²) in [5.41, 5.74) is 9.57. The number of amides is 1. The summed E-state index contributed by atoms with van der Waals surface area (Å²) in [6, 6.07) is 20.6. The molecule has 0 bridgehead atoms. The molecule has 1 aliphatic heterocycles. The molecule has 12 nitrogen and oxygen atoms in total. The van der Waals surface area contributed by atoms with Gasteiger partial charge in [0.15, 0.2) is 23.1 Å². The van der Waals surface area contributed by atoms with Crippen molar-refractivity contribution in [2.45, 2.75) is 62.5 Å². The molecule has 4 aromatic rings. The lowest BCUT2D eigenvalue weighted by Gasteiger charge is -2.26. The molecule has 2 aromatic heterocycles. The molecule has 2 aromatic carbocycles. The van der Waals surface area contributed by atoms with E-state index in [2.05, 4.69) is 39.9 Å². The number of aromatic nitrogens is 4. The first-order valence-corrected chi connectivity index (χ1v) is 14.8. The Bertz CT molecular complexity index is 1500. The Kier molecular flexibility index (Phi) is 8.52. The summed E-state index contributed by atoms with van der Waals surface area (Å²) >= 11 is 0. The van der Waals surface area contributed by atoms with Crippen LogP contribution in [0.15, 0.2) is 67.0 Å². The van der Waals surface area contributed by atoms with Gasteiger partial charge in [-0.3, -0.25) is 4.79 Å². The number of nitrogens with one attached hydrogen (secondary N) is 2. The Morgan fingerprint density at radius 3 is 2.37 bits per heavy atom. The number of imidazole rings is 1. The number of fused-ring (bicyclic) bond motifs is 1. The second-order valence-electron chi connectivity index (χ2n) is 11.1. The van der Waals surface area contributed by atoms with Crippen molar-refractivity contribution in [3.05, 3.63) is 78.1 Å². The van der Waals surface area contributed by atoms with Crippen molar-refractivity contribution in [2.75, 3.05) is 35.3 Å². The minimum atomic E-state index is -1.32. The number of carbonyl (C=O) groups excluding carboxylic acids is 1. The third-order valence-corrected chi connectivity index (χ3v) is 8.35. The highest BCUT2D eigenvalue weighted by Crippen LogP contribution is 2.29. The molecule has 2 fully saturated rings.